The van der Waals surface area contributed by atoms with Gasteiger partial charge in [-0.25, -0.2) is 4.68 Å². The predicted octanol–water partition coefficient (Wildman–Crippen LogP) is 6.15. The number of benzene rings is 2. The van der Waals surface area contributed by atoms with Crippen LogP contribution in [0.3, 0.4) is 0 Å². The van der Waals surface area contributed by atoms with Crippen molar-refractivity contribution in [3.8, 4) is 5.69 Å². The predicted molar refractivity (Wildman–Crippen MR) is 101 cm³/mol. The van der Waals surface area contributed by atoms with E-state index in [0.717, 1.165) is 12.1 Å². The lowest BCUT2D eigenvalue weighted by molar-refractivity contribution is -0.143. The van der Waals surface area contributed by atoms with Crippen LogP contribution < -0.4 is 5.32 Å². The number of hydrogen-bond donors (Lipinski definition) is 1. The van der Waals surface area contributed by atoms with E-state index in [1.54, 1.807) is 0 Å². The van der Waals surface area contributed by atoms with Crippen LogP contribution >= 0.6 is 23.2 Å². The van der Waals surface area contributed by atoms with Crippen molar-refractivity contribution in [1.82, 2.24) is 15.1 Å². The van der Waals surface area contributed by atoms with Crippen LogP contribution in [0.5, 0.6) is 0 Å². The van der Waals surface area contributed by atoms with Crippen molar-refractivity contribution in [2.45, 2.75) is 18.9 Å². The second kappa shape index (κ2) is 8.43. The van der Waals surface area contributed by atoms with E-state index in [2.05, 4.69) is 10.4 Å². The molecule has 3 aromatic rings. The molecule has 0 aliphatic heterocycles. The molecule has 0 saturated heterocycles. The number of halogens is 8. The van der Waals surface area contributed by atoms with Gasteiger partial charge in [0, 0.05) is 6.54 Å². The summed E-state index contributed by atoms with van der Waals surface area (Å²) >= 11 is 11.7. The standard InChI is InChI=1S/C19H11Cl2F6N3O/c20-14-6-1-10(7-15(14)21)8-28-17(31)13-9-29-30(16(13)19(25,26)27)12-4-2-11(3-5-12)18(22,23)24/h1-7,9H,8H2,(H,28,31). The van der Waals surface area contributed by atoms with Crippen LogP contribution in [0.25, 0.3) is 5.69 Å². The van der Waals surface area contributed by atoms with Crippen molar-refractivity contribution < 1.29 is 31.1 Å². The molecule has 0 atom stereocenters. The molecule has 1 N–H and O–H groups in total. The van der Waals surface area contributed by atoms with Crippen LogP contribution in [-0.2, 0) is 18.9 Å². The Morgan fingerprint density at radius 2 is 1.58 bits per heavy atom. The van der Waals surface area contributed by atoms with Gasteiger partial charge in [-0.3, -0.25) is 4.79 Å². The zero-order chi connectivity index (χ0) is 23.0. The van der Waals surface area contributed by atoms with Gasteiger partial charge in [0.05, 0.1) is 33.1 Å². The van der Waals surface area contributed by atoms with Gasteiger partial charge in [-0.1, -0.05) is 29.3 Å². The highest BCUT2D eigenvalue weighted by molar-refractivity contribution is 6.42. The molecule has 0 fully saturated rings. The summed E-state index contributed by atoms with van der Waals surface area (Å²) in [5.74, 6) is -1.07. The fourth-order valence-electron chi connectivity index (χ4n) is 2.70. The molecule has 0 spiro atoms. The van der Waals surface area contributed by atoms with Crippen LogP contribution in [-0.4, -0.2) is 15.7 Å². The molecule has 1 amide bonds. The van der Waals surface area contributed by atoms with E-state index in [0.29, 0.717) is 28.6 Å². The number of alkyl halides is 6. The van der Waals surface area contributed by atoms with Crippen molar-refractivity contribution in [2.24, 2.45) is 0 Å². The first-order valence-electron chi connectivity index (χ1n) is 8.43. The molecule has 0 saturated carbocycles. The fourth-order valence-corrected chi connectivity index (χ4v) is 3.02. The zero-order valence-corrected chi connectivity index (χ0v) is 16.7. The van der Waals surface area contributed by atoms with Gasteiger partial charge < -0.3 is 5.32 Å². The van der Waals surface area contributed by atoms with E-state index in [9.17, 15) is 31.1 Å². The highest BCUT2D eigenvalue weighted by Crippen LogP contribution is 2.35. The van der Waals surface area contributed by atoms with Gasteiger partial charge >= 0.3 is 12.4 Å². The third kappa shape index (κ3) is 5.13. The van der Waals surface area contributed by atoms with Gasteiger partial charge in [-0.05, 0) is 42.0 Å². The minimum Gasteiger partial charge on any atom is -0.348 e. The first-order valence-corrected chi connectivity index (χ1v) is 9.18. The highest BCUT2D eigenvalue weighted by Gasteiger charge is 2.40. The topological polar surface area (TPSA) is 46.9 Å². The van der Waals surface area contributed by atoms with E-state index in [1.807, 2.05) is 0 Å². The first kappa shape index (κ1) is 23.0. The maximum atomic E-state index is 13.7. The van der Waals surface area contributed by atoms with E-state index in [1.165, 1.54) is 18.2 Å². The van der Waals surface area contributed by atoms with Crippen LogP contribution in [0.2, 0.25) is 10.0 Å². The molecule has 1 heterocycles. The monoisotopic (exact) mass is 481 g/mol. The van der Waals surface area contributed by atoms with Crippen LogP contribution in [0.4, 0.5) is 26.3 Å². The number of nitrogens with zero attached hydrogens (tertiary/aromatic N) is 2. The Labute approximate surface area is 181 Å². The number of carbonyl (C=O) groups excluding carboxylic acids is 1. The van der Waals surface area contributed by atoms with Gasteiger partial charge in [0.1, 0.15) is 0 Å². The van der Waals surface area contributed by atoms with Crippen LogP contribution in [0.1, 0.15) is 27.2 Å². The Bertz CT molecular complexity index is 1110. The smallest absolute Gasteiger partial charge is 0.348 e. The Balaban J connectivity index is 1.90. The second-order valence-electron chi connectivity index (χ2n) is 6.29. The van der Waals surface area contributed by atoms with Gasteiger partial charge in [0.15, 0.2) is 5.69 Å². The van der Waals surface area contributed by atoms with Crippen molar-refractivity contribution in [3.63, 3.8) is 0 Å². The number of carbonyl (C=O) groups is 1. The molecule has 4 nitrogen and oxygen atoms in total. The number of rotatable bonds is 4. The summed E-state index contributed by atoms with van der Waals surface area (Å²) < 4.78 is 79.5. The molecule has 164 valence electrons. The summed E-state index contributed by atoms with van der Waals surface area (Å²) in [6.45, 7) is -0.140. The minimum atomic E-state index is -5.00. The second-order valence-corrected chi connectivity index (χ2v) is 7.11. The average molecular weight is 482 g/mol. The van der Waals surface area contributed by atoms with Crippen molar-refractivity contribution in [1.29, 1.82) is 0 Å². The summed E-state index contributed by atoms with van der Waals surface area (Å²) in [6.07, 6.45) is -8.95. The average Bonchev–Trinajstić information content (AvgIpc) is 3.14. The minimum absolute atomic E-state index is 0.140. The molecular weight excluding hydrogens is 471 g/mol. The third-order valence-electron chi connectivity index (χ3n) is 4.16. The summed E-state index contributed by atoms with van der Waals surface area (Å²) in [7, 11) is 0. The van der Waals surface area contributed by atoms with Crippen LogP contribution in [0.15, 0.2) is 48.7 Å². The summed E-state index contributed by atoms with van der Waals surface area (Å²) in [5, 5.41) is 6.37. The number of aromatic nitrogens is 2. The van der Waals surface area contributed by atoms with Gasteiger partial charge in [-0.15, -0.1) is 0 Å². The molecule has 2 aromatic carbocycles. The number of nitrogens with one attached hydrogen (secondary N) is 1. The molecule has 3 rings (SSSR count). The largest absolute Gasteiger partial charge is 0.434 e. The van der Waals surface area contributed by atoms with Crippen molar-refractivity contribution >= 4 is 29.1 Å². The van der Waals surface area contributed by atoms with Crippen molar-refractivity contribution in [2.75, 3.05) is 0 Å². The molecular formula is C19H11Cl2F6N3O. The van der Waals surface area contributed by atoms with E-state index in [4.69, 9.17) is 23.2 Å². The first-order chi connectivity index (χ1) is 14.4. The third-order valence-corrected chi connectivity index (χ3v) is 4.90. The lowest BCUT2D eigenvalue weighted by Crippen LogP contribution is -2.26. The van der Waals surface area contributed by atoms with Crippen LogP contribution in [0, 0.1) is 0 Å². The van der Waals surface area contributed by atoms with Gasteiger partial charge in [-0.2, -0.15) is 31.4 Å². The Hall–Kier alpha value is -2.72. The molecule has 0 bridgehead atoms. The molecule has 0 radical (unpaired) electrons. The fraction of sp³-hybridized carbons (Fsp3) is 0.158. The molecule has 31 heavy (non-hydrogen) atoms. The quantitative estimate of drug-likeness (QED) is 0.454. The Morgan fingerprint density at radius 3 is 2.13 bits per heavy atom. The summed E-state index contributed by atoms with van der Waals surface area (Å²) in [6, 6.07) is 7.37. The summed E-state index contributed by atoms with van der Waals surface area (Å²) in [5.41, 5.74) is -3.03. The number of hydrogen-bond acceptors (Lipinski definition) is 2. The Kier molecular flexibility index (Phi) is 6.24. The molecule has 0 aliphatic rings. The molecule has 1 aromatic heterocycles. The zero-order valence-electron chi connectivity index (χ0n) is 15.2. The normalized spacial score (nSPS) is 12.1. The lowest BCUT2D eigenvalue weighted by atomic mass is 10.1. The molecule has 12 heteroatoms. The van der Waals surface area contributed by atoms with E-state index >= 15 is 0 Å². The van der Waals surface area contributed by atoms with Gasteiger partial charge in [0.2, 0.25) is 0 Å². The maximum Gasteiger partial charge on any atom is 0.434 e. The number of amides is 1. The lowest BCUT2D eigenvalue weighted by Gasteiger charge is -2.14. The van der Waals surface area contributed by atoms with E-state index in [-0.39, 0.29) is 22.3 Å². The van der Waals surface area contributed by atoms with Crippen molar-refractivity contribution in [3.05, 3.63) is 81.1 Å². The molecule has 0 unspecified atom stereocenters. The molecule has 0 aliphatic carbocycles. The van der Waals surface area contributed by atoms with Gasteiger partial charge in [0.25, 0.3) is 5.91 Å². The highest BCUT2D eigenvalue weighted by atomic mass is 35.5. The SMILES string of the molecule is O=C(NCc1ccc(Cl)c(Cl)c1)c1cnn(-c2ccc(C(F)(F)F)cc2)c1C(F)(F)F. The van der Waals surface area contributed by atoms with E-state index < -0.39 is 35.1 Å². The Morgan fingerprint density at radius 1 is 0.935 bits per heavy atom. The maximum absolute atomic E-state index is 13.7. The summed E-state index contributed by atoms with van der Waals surface area (Å²) in [4.78, 5) is 12.4.